The van der Waals surface area contributed by atoms with E-state index in [0.717, 1.165) is 42.8 Å². The van der Waals surface area contributed by atoms with Crippen LogP contribution in [0, 0.1) is 11.8 Å². The molecule has 168 valence electrons. The molecule has 2 aromatic heterocycles. The summed E-state index contributed by atoms with van der Waals surface area (Å²) in [6.45, 7) is 11.5. The third kappa shape index (κ3) is 3.76. The molecule has 2 aromatic rings. The van der Waals surface area contributed by atoms with Crippen LogP contribution in [-0.2, 0) is 11.3 Å². The molecule has 2 saturated carbocycles. The zero-order valence-electron chi connectivity index (χ0n) is 19.3. The van der Waals surface area contributed by atoms with Gasteiger partial charge in [0, 0.05) is 42.9 Å². The number of nitrogens with zero attached hydrogens (tertiary/aromatic N) is 4. The van der Waals surface area contributed by atoms with Crippen molar-refractivity contribution in [1.82, 2.24) is 19.1 Å². The summed E-state index contributed by atoms with van der Waals surface area (Å²) in [4.78, 5) is 27.5. The Morgan fingerprint density at radius 3 is 2.58 bits per heavy atom. The van der Waals surface area contributed by atoms with Crippen LogP contribution in [0.5, 0.6) is 0 Å². The summed E-state index contributed by atoms with van der Waals surface area (Å²) < 4.78 is 9.48. The Morgan fingerprint density at radius 1 is 1.26 bits per heavy atom. The maximum Gasteiger partial charge on any atom is 0.410 e. The standard InChI is InChI=1S/C24H34N4O3/c1-14(2)19-13-26(21-10-20(15-6-7-15)25-28(21)22(19)29)11-16-8-18-9-17(16)12-27(18)23(30)31-24(3,4)5/h10,13-18H,6-9,11-12H2,1-5H3/t16-,17-,18+/m1/s1. The number of ether oxygens (including phenoxy) is 1. The molecule has 1 saturated heterocycles. The molecule has 0 radical (unpaired) electrons. The first kappa shape index (κ1) is 20.6. The van der Waals surface area contributed by atoms with E-state index in [1.165, 1.54) is 12.8 Å². The zero-order chi connectivity index (χ0) is 22.1. The Hall–Kier alpha value is -2.31. The fourth-order valence-corrected chi connectivity index (χ4v) is 5.36. The van der Waals surface area contributed by atoms with Crippen molar-refractivity contribution in [2.24, 2.45) is 11.8 Å². The van der Waals surface area contributed by atoms with Gasteiger partial charge in [0.25, 0.3) is 5.56 Å². The number of carbonyl (C=O) groups is 1. The van der Waals surface area contributed by atoms with Crippen LogP contribution in [0.3, 0.4) is 0 Å². The van der Waals surface area contributed by atoms with E-state index in [4.69, 9.17) is 4.74 Å². The Bertz CT molecular complexity index is 1070. The van der Waals surface area contributed by atoms with Crippen molar-refractivity contribution in [3.8, 4) is 0 Å². The van der Waals surface area contributed by atoms with Crippen molar-refractivity contribution in [2.45, 2.75) is 90.3 Å². The van der Waals surface area contributed by atoms with Crippen molar-refractivity contribution in [2.75, 3.05) is 6.54 Å². The molecule has 7 heteroatoms. The molecular formula is C24H34N4O3. The van der Waals surface area contributed by atoms with Gasteiger partial charge in [0.15, 0.2) is 0 Å². The highest BCUT2D eigenvalue weighted by atomic mass is 16.6. The smallest absolute Gasteiger partial charge is 0.410 e. The number of hydrogen-bond acceptors (Lipinski definition) is 4. The van der Waals surface area contributed by atoms with Crippen molar-refractivity contribution in [3.63, 3.8) is 0 Å². The number of hydrogen-bond donors (Lipinski definition) is 0. The molecule has 31 heavy (non-hydrogen) atoms. The molecule has 0 N–H and O–H groups in total. The summed E-state index contributed by atoms with van der Waals surface area (Å²) in [5.41, 5.74) is 2.32. The second-order valence-electron chi connectivity index (χ2n) is 11.1. The van der Waals surface area contributed by atoms with Gasteiger partial charge in [-0.05, 0) is 64.2 Å². The van der Waals surface area contributed by atoms with Gasteiger partial charge in [-0.1, -0.05) is 13.8 Å². The van der Waals surface area contributed by atoms with Crippen molar-refractivity contribution in [3.05, 3.63) is 33.9 Å². The van der Waals surface area contributed by atoms with Crippen LogP contribution in [0.15, 0.2) is 17.1 Å². The number of aromatic nitrogens is 3. The lowest BCUT2D eigenvalue weighted by atomic mass is 9.94. The number of rotatable bonds is 4. The Morgan fingerprint density at radius 2 is 2.00 bits per heavy atom. The first-order valence-electron chi connectivity index (χ1n) is 11.7. The van der Waals surface area contributed by atoms with Crippen LogP contribution in [-0.4, -0.2) is 43.4 Å². The number of likely N-dealkylation sites (tertiary alicyclic amines) is 1. The molecule has 5 rings (SSSR count). The van der Waals surface area contributed by atoms with Crippen LogP contribution < -0.4 is 5.56 Å². The van der Waals surface area contributed by atoms with E-state index in [0.29, 0.717) is 17.8 Å². The molecule has 3 atom stereocenters. The van der Waals surface area contributed by atoms with E-state index in [9.17, 15) is 9.59 Å². The molecule has 1 amide bonds. The Balaban J connectivity index is 1.39. The molecule has 1 aliphatic heterocycles. The Kier molecular flexibility index (Phi) is 4.72. The summed E-state index contributed by atoms with van der Waals surface area (Å²) >= 11 is 0. The van der Waals surface area contributed by atoms with Crippen LogP contribution in [0.4, 0.5) is 4.79 Å². The summed E-state index contributed by atoms with van der Waals surface area (Å²) in [7, 11) is 0. The fraction of sp³-hybridized carbons (Fsp3) is 0.708. The maximum absolute atomic E-state index is 13.0. The average Bonchev–Trinajstić information content (AvgIpc) is 3.12. The van der Waals surface area contributed by atoms with Gasteiger partial charge in [0.2, 0.25) is 0 Å². The molecule has 2 bridgehead atoms. The van der Waals surface area contributed by atoms with Crippen LogP contribution in [0.1, 0.15) is 83.4 Å². The molecule has 0 unspecified atom stereocenters. The van der Waals surface area contributed by atoms with Gasteiger partial charge in [0.05, 0.1) is 5.69 Å². The van der Waals surface area contributed by atoms with Gasteiger partial charge in [-0.15, -0.1) is 0 Å². The predicted molar refractivity (Wildman–Crippen MR) is 118 cm³/mol. The third-order valence-corrected chi connectivity index (χ3v) is 7.10. The fourth-order valence-electron chi connectivity index (χ4n) is 5.36. The topological polar surface area (TPSA) is 68.8 Å². The SMILES string of the molecule is CC(C)c1cn(C[C@H]2C[C@H]3C[C@@H]2CN3C(=O)OC(C)(C)C)c2cc(C3CC3)nn2c1=O. The molecule has 3 fully saturated rings. The van der Waals surface area contributed by atoms with Crippen LogP contribution in [0.25, 0.3) is 5.65 Å². The van der Waals surface area contributed by atoms with Gasteiger partial charge in [-0.25, -0.2) is 4.79 Å². The second-order valence-corrected chi connectivity index (χ2v) is 11.1. The minimum absolute atomic E-state index is 0.0113. The molecule has 7 nitrogen and oxygen atoms in total. The van der Waals surface area contributed by atoms with E-state index in [1.807, 2.05) is 25.7 Å². The summed E-state index contributed by atoms with van der Waals surface area (Å²) in [6, 6.07) is 2.38. The molecular weight excluding hydrogens is 392 g/mol. The van der Waals surface area contributed by atoms with Gasteiger partial charge in [-0.2, -0.15) is 9.61 Å². The van der Waals surface area contributed by atoms with Crippen molar-refractivity contribution >= 4 is 11.7 Å². The average molecular weight is 427 g/mol. The van der Waals surface area contributed by atoms with Gasteiger partial charge < -0.3 is 14.2 Å². The van der Waals surface area contributed by atoms with E-state index in [-0.39, 0.29) is 23.6 Å². The quantitative estimate of drug-likeness (QED) is 0.737. The summed E-state index contributed by atoms with van der Waals surface area (Å²) in [6.07, 6.45) is 6.24. The van der Waals surface area contributed by atoms with Crippen molar-refractivity contribution in [1.29, 1.82) is 0 Å². The highest BCUT2D eigenvalue weighted by molar-refractivity contribution is 5.69. The molecule has 3 heterocycles. The number of carbonyl (C=O) groups excluding carboxylic acids is 1. The highest BCUT2D eigenvalue weighted by Gasteiger charge is 2.47. The summed E-state index contributed by atoms with van der Waals surface area (Å²) in [5, 5.41) is 4.68. The highest BCUT2D eigenvalue weighted by Crippen LogP contribution is 2.44. The molecule has 3 aliphatic rings. The first-order chi connectivity index (χ1) is 14.6. The predicted octanol–water partition coefficient (Wildman–Crippen LogP) is 4.14. The maximum atomic E-state index is 13.0. The lowest BCUT2D eigenvalue weighted by Gasteiger charge is -2.33. The lowest BCUT2D eigenvalue weighted by molar-refractivity contribution is 0.0156. The van der Waals surface area contributed by atoms with Gasteiger partial charge in [0.1, 0.15) is 11.2 Å². The number of piperidine rings is 1. The van der Waals surface area contributed by atoms with Crippen molar-refractivity contribution < 1.29 is 9.53 Å². The zero-order valence-corrected chi connectivity index (χ0v) is 19.3. The van der Waals surface area contributed by atoms with E-state index in [2.05, 4.69) is 35.8 Å². The first-order valence-corrected chi connectivity index (χ1v) is 11.7. The van der Waals surface area contributed by atoms with Crippen LogP contribution >= 0.6 is 0 Å². The molecule has 2 aliphatic carbocycles. The van der Waals surface area contributed by atoms with E-state index < -0.39 is 5.60 Å². The molecule has 0 spiro atoms. The normalized spacial score (nSPS) is 25.7. The molecule has 0 aromatic carbocycles. The minimum atomic E-state index is -0.464. The monoisotopic (exact) mass is 426 g/mol. The van der Waals surface area contributed by atoms with Gasteiger partial charge in [-0.3, -0.25) is 4.79 Å². The van der Waals surface area contributed by atoms with Crippen LogP contribution in [0.2, 0.25) is 0 Å². The van der Waals surface area contributed by atoms with E-state index in [1.54, 1.807) is 4.52 Å². The Labute approximate surface area is 183 Å². The van der Waals surface area contributed by atoms with Gasteiger partial charge >= 0.3 is 6.09 Å². The summed E-state index contributed by atoms with van der Waals surface area (Å²) in [5.74, 6) is 1.64. The minimum Gasteiger partial charge on any atom is -0.444 e. The number of fused-ring (bicyclic) bond motifs is 3. The largest absolute Gasteiger partial charge is 0.444 e. The second kappa shape index (κ2) is 7.10. The third-order valence-electron chi connectivity index (χ3n) is 7.10. The van der Waals surface area contributed by atoms with E-state index >= 15 is 0 Å². The lowest BCUT2D eigenvalue weighted by Crippen LogP contribution is -2.43. The number of amides is 1.